The highest BCUT2D eigenvalue weighted by atomic mass is 79.9. The van der Waals surface area contributed by atoms with Crippen LogP contribution in [-0.4, -0.2) is 30.4 Å². The molecule has 1 saturated heterocycles. The Morgan fingerprint density at radius 2 is 0.410 bits per heavy atom. The Bertz CT molecular complexity index is 5360. The molecule has 8 heteroatoms. The first-order valence-electron chi connectivity index (χ1n) is 35.0. The Kier molecular flexibility index (Phi) is 21.3. The van der Waals surface area contributed by atoms with Crippen molar-refractivity contribution in [2.45, 2.75) is 20.3 Å². The van der Waals surface area contributed by atoms with E-state index in [9.17, 15) is 0 Å². The summed E-state index contributed by atoms with van der Waals surface area (Å²) < 4.78 is 9.40. The first kappa shape index (κ1) is 70.6. The van der Waals surface area contributed by atoms with Gasteiger partial charge < -0.3 is 14.8 Å². The fourth-order valence-electron chi connectivity index (χ4n) is 14.7. The maximum absolute atomic E-state index is 8.94. The van der Waals surface area contributed by atoms with Crippen LogP contribution in [0, 0.1) is 0 Å². The van der Waals surface area contributed by atoms with Crippen LogP contribution in [-0.2, 0) is 4.74 Å². The Morgan fingerprint density at radius 3 is 0.619 bits per heavy atom. The van der Waals surface area contributed by atoms with E-state index in [2.05, 4.69) is 355 Å². The highest BCUT2D eigenvalue weighted by Crippen LogP contribution is 2.50. The molecule has 19 rings (SSSR count). The molecule has 0 unspecified atom stereocenters. The van der Waals surface area contributed by atoms with Crippen LogP contribution in [0.2, 0.25) is 0 Å². The van der Waals surface area contributed by atoms with Gasteiger partial charge in [0.1, 0.15) is 0 Å². The topological polar surface area (TPSA) is 49.7 Å². The summed E-state index contributed by atoms with van der Waals surface area (Å²) in [5.74, 6) is 0. The van der Waals surface area contributed by atoms with Gasteiger partial charge in [-0.2, -0.15) is 0 Å². The van der Waals surface area contributed by atoms with Crippen molar-refractivity contribution < 1.29 is 14.8 Å². The van der Waals surface area contributed by atoms with E-state index in [-0.39, 0.29) is 7.43 Å². The third-order valence-corrected chi connectivity index (χ3v) is 22.6. The Morgan fingerprint density at radius 1 is 0.219 bits per heavy atom. The van der Waals surface area contributed by atoms with Crippen LogP contribution in [0.5, 0.6) is 0 Å². The molecule has 0 atom stereocenters. The van der Waals surface area contributed by atoms with Crippen LogP contribution in [0.25, 0.3) is 165 Å². The van der Waals surface area contributed by atoms with Gasteiger partial charge in [0, 0.05) is 31.1 Å². The normalized spacial score (nSPS) is 11.8. The van der Waals surface area contributed by atoms with Gasteiger partial charge in [0.25, 0.3) is 0 Å². The smallest absolute Gasteiger partial charge is 0.423 e. The third-order valence-electron chi connectivity index (χ3n) is 20.0. The predicted octanol–water partition coefficient (Wildman–Crippen LogP) is 28.0. The van der Waals surface area contributed by atoms with E-state index in [1.165, 1.54) is 166 Å². The van der Waals surface area contributed by atoms with Crippen LogP contribution in [0.15, 0.2) is 364 Å². The van der Waals surface area contributed by atoms with Crippen LogP contribution in [0.3, 0.4) is 0 Å². The number of halogens is 4. The molecule has 3 nitrogen and oxygen atoms in total. The minimum absolute atomic E-state index is 0. The van der Waals surface area contributed by atoms with E-state index >= 15 is 0 Å². The van der Waals surface area contributed by atoms with Crippen LogP contribution in [0.4, 0.5) is 0 Å². The lowest BCUT2D eigenvalue weighted by Crippen LogP contribution is -2.29. The summed E-state index contributed by atoms with van der Waals surface area (Å²) in [4.78, 5) is 0. The molecule has 1 aliphatic heterocycles. The van der Waals surface area contributed by atoms with E-state index in [1.54, 1.807) is 12.1 Å². The van der Waals surface area contributed by atoms with E-state index in [0.29, 0.717) is 5.46 Å². The zero-order valence-corrected chi connectivity index (χ0v) is 63.0. The molecular weight excluding hydrogens is 1540 g/mol. The molecule has 1 aliphatic rings. The molecule has 18 aromatic carbocycles. The Hall–Kier alpha value is -10.1. The number of benzene rings is 18. The minimum atomic E-state index is -1.39. The second-order valence-corrected chi connectivity index (χ2v) is 29.6. The molecule has 1 fully saturated rings. The van der Waals surface area contributed by atoms with Crippen molar-refractivity contribution in [3.05, 3.63) is 364 Å². The number of rotatable bonds is 10. The van der Waals surface area contributed by atoms with Gasteiger partial charge in [-0.3, -0.25) is 0 Å². The van der Waals surface area contributed by atoms with E-state index in [1.807, 2.05) is 42.5 Å². The summed E-state index contributed by atoms with van der Waals surface area (Å²) in [6.07, 6.45) is 2.56. The summed E-state index contributed by atoms with van der Waals surface area (Å²) in [5.41, 5.74) is 22.2. The highest BCUT2D eigenvalue weighted by molar-refractivity contribution is 9.11. The number of hydrogen-bond donors (Lipinski definition) is 2. The molecule has 0 saturated carbocycles. The van der Waals surface area contributed by atoms with Crippen LogP contribution < -0.4 is 5.46 Å². The second-order valence-electron chi connectivity index (χ2n) is 26.2. The first-order valence-corrected chi connectivity index (χ1v) is 38.2. The fourth-order valence-corrected chi connectivity index (χ4v) is 17.5. The maximum atomic E-state index is 8.94. The van der Waals surface area contributed by atoms with Gasteiger partial charge in [0.2, 0.25) is 0 Å². The zero-order valence-electron chi connectivity index (χ0n) is 56.6. The van der Waals surface area contributed by atoms with Crippen LogP contribution in [0.1, 0.15) is 20.3 Å². The van der Waals surface area contributed by atoms with Gasteiger partial charge in [-0.1, -0.05) is 393 Å². The zero-order chi connectivity index (χ0) is 70.6. The molecule has 2 N–H and O–H groups in total. The summed E-state index contributed by atoms with van der Waals surface area (Å²) in [5, 5.41) is 33.1. The second kappa shape index (κ2) is 31.7. The Labute approximate surface area is 647 Å². The molecule has 0 bridgehead atoms. The van der Waals surface area contributed by atoms with Gasteiger partial charge in [0.05, 0.1) is 0 Å². The minimum Gasteiger partial charge on any atom is -0.423 e. The van der Waals surface area contributed by atoms with Gasteiger partial charge in [0.15, 0.2) is 0 Å². The van der Waals surface area contributed by atoms with Crippen molar-refractivity contribution in [2.24, 2.45) is 0 Å². The van der Waals surface area contributed by atoms with Crippen molar-refractivity contribution in [3.63, 3.8) is 0 Å². The third kappa shape index (κ3) is 14.6. The lowest BCUT2D eigenvalue weighted by Gasteiger charge is -2.22. The van der Waals surface area contributed by atoms with Gasteiger partial charge in [-0.05, 0) is 207 Å². The summed E-state index contributed by atoms with van der Waals surface area (Å²) >= 11 is 14.7. The molecule has 0 amide bonds. The molecule has 1 heterocycles. The molecular formula is C97H71BBr4O3. The molecule has 0 aliphatic carbocycles. The molecule has 508 valence electrons. The van der Waals surface area contributed by atoms with Crippen molar-refractivity contribution in [1.29, 1.82) is 0 Å². The number of ether oxygens (including phenoxy) is 1. The lowest BCUT2D eigenvalue weighted by molar-refractivity contribution is 0.198. The highest BCUT2D eigenvalue weighted by Gasteiger charge is 2.23. The summed E-state index contributed by atoms with van der Waals surface area (Å²) in [6.45, 7) is 2.00. The number of hydrogen-bond acceptors (Lipinski definition) is 3. The van der Waals surface area contributed by atoms with Crippen molar-refractivity contribution in [2.75, 3.05) is 13.2 Å². The molecule has 0 radical (unpaired) electrons. The van der Waals surface area contributed by atoms with E-state index in [4.69, 9.17) is 14.8 Å². The molecule has 18 aromatic rings. The summed E-state index contributed by atoms with van der Waals surface area (Å²) in [7, 11) is -1.39. The van der Waals surface area contributed by atoms with Crippen molar-refractivity contribution in [1.82, 2.24) is 0 Å². The van der Waals surface area contributed by atoms with Gasteiger partial charge >= 0.3 is 7.12 Å². The SMILES string of the molecule is Brc1cc(Br)c2ccc3c(Br)cc(Br)c4ccc1c2c43.C.C1CCOC1.OB(O)c1ccc(-c2ccccc2)cc1.c1ccc(-c2ccc(-c3cc(-c4ccc(-c5ccccc5)cc4)c4ccc5c(-c6ccc(-c7ccccc7)cc6)cc(-c6ccc(-c7ccccc7)cc6)c6ccc3c4c65)cc2)cc1. The van der Waals surface area contributed by atoms with Gasteiger partial charge in [-0.15, -0.1) is 0 Å². The first-order chi connectivity index (χ1) is 51.1. The van der Waals surface area contributed by atoms with Gasteiger partial charge in [-0.25, -0.2) is 0 Å². The molecule has 105 heavy (non-hydrogen) atoms. The van der Waals surface area contributed by atoms with E-state index < -0.39 is 7.12 Å². The summed E-state index contributed by atoms with van der Waals surface area (Å²) in [6, 6.07) is 124. The monoisotopic (exact) mass is 1610 g/mol. The predicted molar refractivity (Wildman–Crippen MR) is 463 cm³/mol. The lowest BCUT2D eigenvalue weighted by atomic mass is 9.80. The van der Waals surface area contributed by atoms with E-state index in [0.717, 1.165) is 42.2 Å². The largest absolute Gasteiger partial charge is 0.488 e. The quantitative estimate of drug-likeness (QED) is 0.106. The Balaban J connectivity index is 0.000000173. The maximum Gasteiger partial charge on any atom is 0.488 e. The molecule has 0 spiro atoms. The standard InChI is InChI=1S/C64H42.C16H6Br4.C12H11BO2.C4H8O.CH4/c1-5-13-43(14-6-1)47-21-29-51(30-22-47)59-41-60(52-31-23-48(24-32-52)44-15-7-2-8-16-44)56-39-40-58-62(54-35-27-50(28-36-54)46-19-11-4-12-20-46)42-61(57-38-37-55(59)63(56)64(57)58)53-33-25-49(26-34-53)45-17-9-3-10-18-45;17-11-5-13(19)9-3-4-10-14(20)6-12(18)8-2-1-7(11)15(9)16(8)10;14-13(15)12-8-6-11(7-9-12)10-4-2-1-3-5-10;1-2-4-5-3-1;/h1-42H;1-6H;1-9,14-15H;1-4H2;1H4. The van der Waals surface area contributed by atoms with Crippen molar-refractivity contribution in [3.8, 4) is 100 Å². The fraction of sp³-hybridized carbons (Fsp3) is 0.0515. The average molecular weight is 1620 g/mol. The average Bonchev–Trinajstić information content (AvgIpc) is 0.752. The van der Waals surface area contributed by atoms with Crippen molar-refractivity contribution >= 4 is 141 Å². The molecule has 0 aromatic heterocycles. The van der Waals surface area contributed by atoms with Crippen LogP contribution >= 0.6 is 63.7 Å².